The first kappa shape index (κ1) is 14.8. The van der Waals surface area contributed by atoms with Crippen molar-refractivity contribution in [3.05, 3.63) is 72.1 Å². The van der Waals surface area contributed by atoms with E-state index in [-0.39, 0.29) is 0 Å². The first-order valence-corrected chi connectivity index (χ1v) is 7.35. The molecule has 0 saturated carbocycles. The second kappa shape index (κ2) is 6.79. The molecule has 0 aliphatic rings. The van der Waals surface area contributed by atoms with Crippen LogP contribution in [0.3, 0.4) is 0 Å². The summed E-state index contributed by atoms with van der Waals surface area (Å²) in [5, 5.41) is 12.5. The maximum absolute atomic E-state index is 4.53. The van der Waals surface area contributed by atoms with Gasteiger partial charge in [-0.25, -0.2) is 4.98 Å². The van der Waals surface area contributed by atoms with Gasteiger partial charge in [0.05, 0.1) is 17.6 Å². The lowest BCUT2D eigenvalue weighted by molar-refractivity contribution is 0.970. The van der Waals surface area contributed by atoms with Gasteiger partial charge < -0.3 is 0 Å². The summed E-state index contributed by atoms with van der Waals surface area (Å²) >= 11 is 0. The number of rotatable bonds is 4. The van der Waals surface area contributed by atoms with Gasteiger partial charge in [-0.2, -0.15) is 10.2 Å². The van der Waals surface area contributed by atoms with Gasteiger partial charge in [-0.05, 0) is 25.5 Å². The molecule has 5 nitrogen and oxygen atoms in total. The third-order valence-corrected chi connectivity index (χ3v) is 3.45. The van der Waals surface area contributed by atoms with Crippen LogP contribution in [0.5, 0.6) is 0 Å². The van der Waals surface area contributed by atoms with E-state index in [0.29, 0.717) is 11.5 Å². The molecule has 1 N–H and O–H groups in total. The molecule has 0 amide bonds. The Morgan fingerprint density at radius 1 is 1.00 bits per heavy atom. The second-order valence-electron chi connectivity index (χ2n) is 5.16. The van der Waals surface area contributed by atoms with Gasteiger partial charge in [0.15, 0.2) is 5.82 Å². The molecule has 0 aliphatic heterocycles. The molecule has 0 saturated heterocycles. The minimum Gasteiger partial charge on any atom is -0.278 e. The van der Waals surface area contributed by atoms with Gasteiger partial charge in [-0.1, -0.05) is 48.5 Å². The number of anilines is 1. The van der Waals surface area contributed by atoms with Crippen molar-refractivity contribution in [2.45, 2.75) is 13.8 Å². The number of aromatic nitrogens is 3. The molecule has 5 heteroatoms. The standard InChI is InChI=1S/C18H17N5/c1-13-8-6-7-11-16(13)22-21-14(2)17-12-19-23-18(20-17)15-9-4-3-5-10-15/h3-12,22H,1-2H3/b21-14-. The van der Waals surface area contributed by atoms with Crippen molar-refractivity contribution in [1.29, 1.82) is 0 Å². The van der Waals surface area contributed by atoms with E-state index in [1.165, 1.54) is 0 Å². The summed E-state index contributed by atoms with van der Waals surface area (Å²) in [5.41, 5.74) is 7.55. The van der Waals surface area contributed by atoms with E-state index in [1.54, 1.807) is 6.20 Å². The molecule has 3 rings (SSSR count). The fraction of sp³-hybridized carbons (Fsp3) is 0.111. The predicted octanol–water partition coefficient (Wildman–Crippen LogP) is 3.68. The molecule has 0 aliphatic carbocycles. The molecule has 3 aromatic rings. The first-order chi connectivity index (χ1) is 11.2. The zero-order valence-electron chi connectivity index (χ0n) is 13.1. The Labute approximate surface area is 135 Å². The zero-order chi connectivity index (χ0) is 16.1. The molecule has 1 heterocycles. The number of hydrogen-bond donors (Lipinski definition) is 1. The maximum Gasteiger partial charge on any atom is 0.182 e. The molecule has 0 fully saturated rings. The van der Waals surface area contributed by atoms with Crippen LogP contribution in [0.25, 0.3) is 11.4 Å². The molecule has 0 bridgehead atoms. The van der Waals surface area contributed by atoms with E-state index >= 15 is 0 Å². The highest BCUT2D eigenvalue weighted by molar-refractivity contribution is 5.97. The SMILES string of the molecule is C/C(=N/Nc1ccccc1C)c1cnnc(-c2ccccc2)n1. The molecular formula is C18H17N5. The number of nitrogens with one attached hydrogen (secondary N) is 1. The minimum absolute atomic E-state index is 0.591. The van der Waals surface area contributed by atoms with E-state index < -0.39 is 0 Å². The average Bonchev–Trinajstić information content (AvgIpc) is 2.62. The molecule has 0 unspecified atom stereocenters. The summed E-state index contributed by atoms with van der Waals surface area (Å²) < 4.78 is 0. The average molecular weight is 303 g/mol. The number of aryl methyl sites for hydroxylation is 1. The van der Waals surface area contributed by atoms with E-state index in [2.05, 4.69) is 25.7 Å². The summed E-state index contributed by atoms with van der Waals surface area (Å²) in [6.07, 6.45) is 1.62. The highest BCUT2D eigenvalue weighted by Gasteiger charge is 2.06. The van der Waals surface area contributed by atoms with Crippen LogP contribution in [0.1, 0.15) is 18.2 Å². The Hall–Kier alpha value is -3.08. The number of hydrazone groups is 1. The topological polar surface area (TPSA) is 63.1 Å². The van der Waals surface area contributed by atoms with E-state index in [1.807, 2.05) is 68.4 Å². The van der Waals surface area contributed by atoms with Crippen LogP contribution in [0, 0.1) is 6.92 Å². The van der Waals surface area contributed by atoms with Crippen molar-refractivity contribution >= 4 is 11.4 Å². The molecule has 0 spiro atoms. The zero-order valence-corrected chi connectivity index (χ0v) is 13.1. The first-order valence-electron chi connectivity index (χ1n) is 7.35. The summed E-state index contributed by atoms with van der Waals surface area (Å²) in [4.78, 5) is 4.53. The van der Waals surface area contributed by atoms with Gasteiger partial charge in [-0.15, -0.1) is 5.10 Å². The van der Waals surface area contributed by atoms with Gasteiger partial charge >= 0.3 is 0 Å². The molecule has 114 valence electrons. The summed E-state index contributed by atoms with van der Waals surface area (Å²) in [5.74, 6) is 0.591. The summed E-state index contributed by atoms with van der Waals surface area (Å²) in [6, 6.07) is 17.8. The molecule has 2 aromatic carbocycles. The van der Waals surface area contributed by atoms with Crippen molar-refractivity contribution in [3.63, 3.8) is 0 Å². The maximum atomic E-state index is 4.53. The summed E-state index contributed by atoms with van der Waals surface area (Å²) in [6.45, 7) is 3.93. The van der Waals surface area contributed by atoms with Crippen LogP contribution in [0.15, 0.2) is 65.9 Å². The van der Waals surface area contributed by atoms with Crippen LogP contribution < -0.4 is 5.43 Å². The van der Waals surface area contributed by atoms with Crippen LogP contribution in [0.2, 0.25) is 0 Å². The second-order valence-corrected chi connectivity index (χ2v) is 5.16. The quantitative estimate of drug-likeness (QED) is 0.590. The van der Waals surface area contributed by atoms with Gasteiger partial charge in [0.1, 0.15) is 5.69 Å². The molecule has 0 atom stereocenters. The normalized spacial score (nSPS) is 11.3. The van der Waals surface area contributed by atoms with Crippen molar-refractivity contribution in [1.82, 2.24) is 15.2 Å². The van der Waals surface area contributed by atoms with Crippen molar-refractivity contribution < 1.29 is 0 Å². The summed E-state index contributed by atoms with van der Waals surface area (Å²) in [7, 11) is 0. The van der Waals surface area contributed by atoms with Crippen molar-refractivity contribution in [2.24, 2.45) is 5.10 Å². The van der Waals surface area contributed by atoms with Crippen LogP contribution in [-0.2, 0) is 0 Å². The fourth-order valence-corrected chi connectivity index (χ4v) is 2.09. The smallest absolute Gasteiger partial charge is 0.182 e. The van der Waals surface area contributed by atoms with Gasteiger partial charge in [0.25, 0.3) is 0 Å². The van der Waals surface area contributed by atoms with Crippen LogP contribution in [-0.4, -0.2) is 20.9 Å². The lowest BCUT2D eigenvalue weighted by atomic mass is 10.2. The molecule has 23 heavy (non-hydrogen) atoms. The lowest BCUT2D eigenvalue weighted by Gasteiger charge is -2.06. The Bertz CT molecular complexity index is 828. The third-order valence-electron chi connectivity index (χ3n) is 3.45. The number of para-hydroxylation sites is 1. The monoisotopic (exact) mass is 303 g/mol. The Morgan fingerprint density at radius 2 is 1.74 bits per heavy atom. The molecule has 0 radical (unpaired) electrons. The van der Waals surface area contributed by atoms with Crippen LogP contribution in [0.4, 0.5) is 5.69 Å². The number of nitrogens with zero attached hydrogens (tertiary/aromatic N) is 4. The fourth-order valence-electron chi connectivity index (χ4n) is 2.09. The highest BCUT2D eigenvalue weighted by Crippen LogP contribution is 2.15. The molecular weight excluding hydrogens is 286 g/mol. The number of benzene rings is 2. The van der Waals surface area contributed by atoms with E-state index in [0.717, 1.165) is 22.5 Å². The third kappa shape index (κ3) is 3.58. The highest BCUT2D eigenvalue weighted by atomic mass is 15.3. The minimum atomic E-state index is 0.591. The molecule has 1 aromatic heterocycles. The van der Waals surface area contributed by atoms with Gasteiger partial charge in [0.2, 0.25) is 0 Å². The Morgan fingerprint density at radius 3 is 2.52 bits per heavy atom. The van der Waals surface area contributed by atoms with Crippen LogP contribution >= 0.6 is 0 Å². The largest absolute Gasteiger partial charge is 0.278 e. The predicted molar refractivity (Wildman–Crippen MR) is 92.3 cm³/mol. The van der Waals surface area contributed by atoms with E-state index in [9.17, 15) is 0 Å². The van der Waals surface area contributed by atoms with Gasteiger partial charge in [0, 0.05) is 5.56 Å². The van der Waals surface area contributed by atoms with Crippen molar-refractivity contribution in [2.75, 3.05) is 5.43 Å². The van der Waals surface area contributed by atoms with E-state index in [4.69, 9.17) is 0 Å². The Kier molecular flexibility index (Phi) is 4.38. The lowest BCUT2D eigenvalue weighted by Crippen LogP contribution is -2.06. The van der Waals surface area contributed by atoms with Gasteiger partial charge in [-0.3, -0.25) is 5.43 Å². The Balaban J connectivity index is 1.84. The van der Waals surface area contributed by atoms with Crippen molar-refractivity contribution in [3.8, 4) is 11.4 Å². The number of hydrogen-bond acceptors (Lipinski definition) is 5.